The predicted molar refractivity (Wildman–Crippen MR) is 93.9 cm³/mol. The molecule has 27 heavy (non-hydrogen) atoms. The average Bonchev–Trinajstić information content (AvgIpc) is 2.65. The van der Waals surface area contributed by atoms with Crippen molar-refractivity contribution in [1.82, 2.24) is 0 Å². The Labute approximate surface area is 153 Å². The van der Waals surface area contributed by atoms with Gasteiger partial charge in [0.05, 0.1) is 16.3 Å². The molecule has 0 aromatic heterocycles. The van der Waals surface area contributed by atoms with Crippen molar-refractivity contribution in [1.29, 1.82) is 0 Å². The highest BCUT2D eigenvalue weighted by molar-refractivity contribution is 5.92. The van der Waals surface area contributed by atoms with Crippen molar-refractivity contribution in [2.45, 2.75) is 19.4 Å². The largest absolute Gasteiger partial charge is 0.461 e. The summed E-state index contributed by atoms with van der Waals surface area (Å²) in [6, 6.07) is 11.1. The number of benzene rings is 2. The molecule has 0 aliphatic carbocycles. The molecule has 0 saturated heterocycles. The first-order valence-corrected chi connectivity index (χ1v) is 7.78. The smallest absolute Gasteiger partial charge is 0.306 e. The maximum atomic E-state index is 11.8. The van der Waals surface area contributed by atoms with Crippen LogP contribution in [0.1, 0.15) is 18.4 Å². The van der Waals surface area contributed by atoms with Gasteiger partial charge in [0.15, 0.2) is 0 Å². The molecule has 0 aliphatic rings. The van der Waals surface area contributed by atoms with Gasteiger partial charge in [0.2, 0.25) is 5.91 Å². The number of esters is 1. The zero-order chi connectivity index (χ0) is 19.8. The quantitative estimate of drug-likeness (QED) is 0.426. The van der Waals surface area contributed by atoms with Crippen LogP contribution in [0.2, 0.25) is 0 Å². The van der Waals surface area contributed by atoms with Gasteiger partial charge < -0.3 is 10.1 Å². The zero-order valence-electron chi connectivity index (χ0n) is 14.0. The Hall–Kier alpha value is -3.82. The third kappa shape index (κ3) is 6.20. The molecule has 0 radical (unpaired) electrons. The van der Waals surface area contributed by atoms with Crippen LogP contribution in [0, 0.1) is 20.2 Å². The second-order valence-corrected chi connectivity index (χ2v) is 5.44. The van der Waals surface area contributed by atoms with Crippen molar-refractivity contribution in [3.8, 4) is 0 Å². The lowest BCUT2D eigenvalue weighted by atomic mass is 10.2. The Balaban J connectivity index is 1.79. The highest BCUT2D eigenvalue weighted by Gasteiger charge is 2.12. The van der Waals surface area contributed by atoms with Gasteiger partial charge in [-0.05, 0) is 11.6 Å². The fraction of sp³-hybridized carbons (Fsp3) is 0.176. The standard InChI is InChI=1S/C17H15N3O7/c21-16(18-13-4-2-6-15(10-13)20(25)26)7-8-17(22)27-11-12-3-1-5-14(9-12)19(23)24/h1-6,9-10H,7-8,11H2,(H,18,21). The molecule has 0 saturated carbocycles. The van der Waals surface area contributed by atoms with Crippen LogP contribution in [0.5, 0.6) is 0 Å². The summed E-state index contributed by atoms with van der Waals surface area (Å²) in [6.45, 7) is -0.146. The number of carbonyl (C=O) groups is 2. The summed E-state index contributed by atoms with van der Waals surface area (Å²) in [5.74, 6) is -1.14. The summed E-state index contributed by atoms with van der Waals surface area (Å²) in [4.78, 5) is 43.8. The molecule has 0 atom stereocenters. The van der Waals surface area contributed by atoms with E-state index in [9.17, 15) is 29.8 Å². The van der Waals surface area contributed by atoms with Gasteiger partial charge >= 0.3 is 5.97 Å². The summed E-state index contributed by atoms with van der Waals surface area (Å²) in [7, 11) is 0. The van der Waals surface area contributed by atoms with Gasteiger partial charge in [0.1, 0.15) is 6.61 Å². The topological polar surface area (TPSA) is 142 Å². The zero-order valence-corrected chi connectivity index (χ0v) is 14.0. The van der Waals surface area contributed by atoms with E-state index >= 15 is 0 Å². The van der Waals surface area contributed by atoms with Gasteiger partial charge in [0, 0.05) is 36.4 Å². The second kappa shape index (κ2) is 9.04. The number of hydrogen-bond acceptors (Lipinski definition) is 7. The first-order chi connectivity index (χ1) is 12.8. The molecule has 0 spiro atoms. The number of nitro benzene ring substituents is 2. The Morgan fingerprint density at radius 3 is 2.22 bits per heavy atom. The number of nitro groups is 2. The van der Waals surface area contributed by atoms with Gasteiger partial charge in [-0.2, -0.15) is 0 Å². The van der Waals surface area contributed by atoms with Crippen molar-refractivity contribution in [2.75, 3.05) is 5.32 Å². The molecule has 10 heteroatoms. The van der Waals surface area contributed by atoms with Crippen LogP contribution < -0.4 is 5.32 Å². The van der Waals surface area contributed by atoms with Crippen molar-refractivity contribution in [2.24, 2.45) is 0 Å². The number of hydrogen-bond donors (Lipinski definition) is 1. The Bertz CT molecular complexity index is 882. The van der Waals surface area contributed by atoms with E-state index in [1.165, 1.54) is 42.5 Å². The van der Waals surface area contributed by atoms with Crippen molar-refractivity contribution in [3.05, 3.63) is 74.3 Å². The van der Waals surface area contributed by atoms with Crippen LogP contribution in [0.4, 0.5) is 17.1 Å². The van der Waals surface area contributed by atoms with Crippen LogP contribution in [-0.4, -0.2) is 21.7 Å². The number of ether oxygens (including phenoxy) is 1. The summed E-state index contributed by atoms with van der Waals surface area (Å²) >= 11 is 0. The van der Waals surface area contributed by atoms with E-state index in [2.05, 4.69) is 5.32 Å². The van der Waals surface area contributed by atoms with Crippen LogP contribution in [0.3, 0.4) is 0 Å². The predicted octanol–water partition coefficient (Wildman–Crippen LogP) is 2.97. The summed E-state index contributed by atoms with van der Waals surface area (Å²) in [6.07, 6.45) is -0.369. The number of non-ortho nitro benzene ring substituents is 2. The van der Waals surface area contributed by atoms with E-state index in [1.807, 2.05) is 0 Å². The fourth-order valence-electron chi connectivity index (χ4n) is 2.13. The number of nitrogens with one attached hydrogen (secondary N) is 1. The molecule has 2 aromatic carbocycles. The Kier molecular flexibility index (Phi) is 6.53. The maximum absolute atomic E-state index is 11.8. The van der Waals surface area contributed by atoms with Gasteiger partial charge in [-0.3, -0.25) is 29.8 Å². The van der Waals surface area contributed by atoms with Crippen molar-refractivity contribution >= 4 is 28.9 Å². The number of rotatable bonds is 8. The summed E-state index contributed by atoms with van der Waals surface area (Å²) < 4.78 is 4.98. The van der Waals surface area contributed by atoms with E-state index in [1.54, 1.807) is 6.07 Å². The molecule has 0 bridgehead atoms. The van der Waals surface area contributed by atoms with E-state index in [0.717, 1.165) is 0 Å². The van der Waals surface area contributed by atoms with Crippen LogP contribution in [0.15, 0.2) is 48.5 Å². The SMILES string of the molecule is O=C(CCC(=O)OCc1cccc([N+](=O)[O-])c1)Nc1cccc([N+](=O)[O-])c1. The average molecular weight is 373 g/mol. The molecule has 2 rings (SSSR count). The highest BCUT2D eigenvalue weighted by atomic mass is 16.6. The van der Waals surface area contributed by atoms with Crippen molar-refractivity contribution < 1.29 is 24.2 Å². The van der Waals surface area contributed by atoms with E-state index < -0.39 is 21.7 Å². The van der Waals surface area contributed by atoms with Crippen molar-refractivity contribution in [3.63, 3.8) is 0 Å². The van der Waals surface area contributed by atoms with E-state index in [0.29, 0.717) is 5.56 Å². The number of amides is 1. The lowest BCUT2D eigenvalue weighted by Gasteiger charge is -2.06. The third-order valence-corrected chi connectivity index (χ3v) is 3.42. The first-order valence-electron chi connectivity index (χ1n) is 7.78. The van der Waals surface area contributed by atoms with Gasteiger partial charge in [-0.1, -0.05) is 18.2 Å². The lowest BCUT2D eigenvalue weighted by Crippen LogP contribution is -2.14. The maximum Gasteiger partial charge on any atom is 0.306 e. The molecular formula is C17H15N3O7. The lowest BCUT2D eigenvalue weighted by molar-refractivity contribution is -0.385. The Morgan fingerprint density at radius 2 is 1.56 bits per heavy atom. The molecule has 1 amide bonds. The molecule has 0 heterocycles. The second-order valence-electron chi connectivity index (χ2n) is 5.44. The van der Waals surface area contributed by atoms with Crippen LogP contribution in [-0.2, 0) is 20.9 Å². The number of anilines is 1. The molecule has 0 fully saturated rings. The molecule has 0 aliphatic heterocycles. The molecule has 0 unspecified atom stereocenters. The number of carbonyl (C=O) groups excluding carboxylic acids is 2. The fourth-order valence-corrected chi connectivity index (χ4v) is 2.13. The molecule has 1 N–H and O–H groups in total. The minimum absolute atomic E-state index is 0.111. The third-order valence-electron chi connectivity index (χ3n) is 3.42. The molecule has 10 nitrogen and oxygen atoms in total. The molecular weight excluding hydrogens is 358 g/mol. The van der Waals surface area contributed by atoms with Crippen LogP contribution in [0.25, 0.3) is 0 Å². The first kappa shape index (κ1) is 19.5. The minimum atomic E-state index is -0.643. The van der Waals surface area contributed by atoms with E-state index in [4.69, 9.17) is 4.74 Å². The molecule has 140 valence electrons. The monoisotopic (exact) mass is 373 g/mol. The summed E-state index contributed by atoms with van der Waals surface area (Å²) in [5, 5.41) is 23.8. The van der Waals surface area contributed by atoms with Gasteiger partial charge in [-0.15, -0.1) is 0 Å². The Morgan fingerprint density at radius 1 is 0.926 bits per heavy atom. The van der Waals surface area contributed by atoms with Gasteiger partial charge in [0.25, 0.3) is 11.4 Å². The van der Waals surface area contributed by atoms with Gasteiger partial charge in [-0.25, -0.2) is 0 Å². The summed E-state index contributed by atoms with van der Waals surface area (Å²) in [5.41, 5.74) is 0.432. The molecule has 2 aromatic rings. The van der Waals surface area contributed by atoms with E-state index in [-0.39, 0.29) is 36.5 Å². The highest BCUT2D eigenvalue weighted by Crippen LogP contribution is 2.17. The van der Waals surface area contributed by atoms with Crippen LogP contribution >= 0.6 is 0 Å². The minimum Gasteiger partial charge on any atom is -0.461 e. The normalized spacial score (nSPS) is 10.1. The number of nitrogens with zero attached hydrogens (tertiary/aromatic N) is 2.